The SMILES string of the molecule is CCCC(O)CNc1cc(S(=O)(=O)NC)ccc1N. The van der Waals surface area contributed by atoms with E-state index in [0.717, 1.165) is 6.42 Å². The smallest absolute Gasteiger partial charge is 0.240 e. The second-order valence-electron chi connectivity index (χ2n) is 4.28. The normalized spacial score (nSPS) is 13.2. The molecule has 0 spiro atoms. The number of hydrogen-bond acceptors (Lipinski definition) is 5. The van der Waals surface area contributed by atoms with Crippen molar-refractivity contribution in [2.75, 3.05) is 24.6 Å². The van der Waals surface area contributed by atoms with Crippen molar-refractivity contribution < 1.29 is 13.5 Å². The highest BCUT2D eigenvalue weighted by atomic mass is 32.2. The second kappa shape index (κ2) is 6.74. The number of benzene rings is 1. The van der Waals surface area contributed by atoms with Crippen LogP contribution in [0.1, 0.15) is 19.8 Å². The Hall–Kier alpha value is -1.31. The zero-order valence-corrected chi connectivity index (χ0v) is 12.0. The summed E-state index contributed by atoms with van der Waals surface area (Å²) >= 11 is 0. The van der Waals surface area contributed by atoms with Crippen LogP contribution < -0.4 is 15.8 Å². The summed E-state index contributed by atoms with van der Waals surface area (Å²) in [5.41, 5.74) is 6.72. The lowest BCUT2D eigenvalue weighted by molar-refractivity contribution is 0.176. The van der Waals surface area contributed by atoms with Gasteiger partial charge in [-0.1, -0.05) is 13.3 Å². The molecule has 0 aromatic heterocycles. The van der Waals surface area contributed by atoms with Gasteiger partial charge in [-0.2, -0.15) is 0 Å². The van der Waals surface area contributed by atoms with Gasteiger partial charge in [-0.05, 0) is 31.7 Å². The maximum absolute atomic E-state index is 11.7. The van der Waals surface area contributed by atoms with Crippen molar-refractivity contribution in [3.63, 3.8) is 0 Å². The van der Waals surface area contributed by atoms with Gasteiger partial charge in [0.2, 0.25) is 10.0 Å². The van der Waals surface area contributed by atoms with E-state index >= 15 is 0 Å². The van der Waals surface area contributed by atoms with Crippen LogP contribution in [0.15, 0.2) is 23.1 Å². The minimum Gasteiger partial charge on any atom is -0.397 e. The van der Waals surface area contributed by atoms with Crippen LogP contribution in [0.2, 0.25) is 0 Å². The Balaban J connectivity index is 2.87. The van der Waals surface area contributed by atoms with Crippen LogP contribution in [-0.2, 0) is 10.0 Å². The summed E-state index contributed by atoms with van der Waals surface area (Å²) in [5.74, 6) is 0. The molecule has 0 aliphatic rings. The molecular weight excluding hydrogens is 266 g/mol. The van der Waals surface area contributed by atoms with Crippen LogP contribution >= 0.6 is 0 Å². The zero-order chi connectivity index (χ0) is 14.5. The number of nitrogens with one attached hydrogen (secondary N) is 2. The van der Waals surface area contributed by atoms with E-state index in [0.29, 0.717) is 24.3 Å². The maximum Gasteiger partial charge on any atom is 0.240 e. The van der Waals surface area contributed by atoms with Crippen molar-refractivity contribution in [1.82, 2.24) is 4.72 Å². The fourth-order valence-electron chi connectivity index (χ4n) is 1.64. The Morgan fingerprint density at radius 1 is 1.42 bits per heavy atom. The third-order valence-corrected chi connectivity index (χ3v) is 4.17. The van der Waals surface area contributed by atoms with E-state index in [9.17, 15) is 13.5 Å². The minimum absolute atomic E-state index is 0.136. The molecule has 1 aromatic carbocycles. The Labute approximate surface area is 114 Å². The molecule has 1 unspecified atom stereocenters. The molecule has 0 saturated carbocycles. The molecule has 19 heavy (non-hydrogen) atoms. The Bertz CT molecular complexity index is 517. The lowest BCUT2D eigenvalue weighted by Crippen LogP contribution is -2.21. The van der Waals surface area contributed by atoms with E-state index in [4.69, 9.17) is 5.73 Å². The van der Waals surface area contributed by atoms with E-state index in [2.05, 4.69) is 10.0 Å². The summed E-state index contributed by atoms with van der Waals surface area (Å²) in [6, 6.07) is 4.42. The first-order valence-electron chi connectivity index (χ1n) is 6.15. The predicted octanol–water partition coefficient (Wildman–Crippen LogP) is 0.750. The van der Waals surface area contributed by atoms with Gasteiger partial charge in [-0.15, -0.1) is 0 Å². The molecule has 0 aliphatic carbocycles. The molecule has 0 aliphatic heterocycles. The van der Waals surface area contributed by atoms with Crippen LogP contribution in [0.5, 0.6) is 0 Å². The number of sulfonamides is 1. The zero-order valence-electron chi connectivity index (χ0n) is 11.2. The van der Waals surface area contributed by atoms with E-state index in [1.165, 1.54) is 25.2 Å². The molecule has 0 fully saturated rings. The molecule has 1 atom stereocenters. The first kappa shape index (κ1) is 15.7. The highest BCUT2D eigenvalue weighted by Gasteiger charge is 2.13. The average Bonchev–Trinajstić information content (AvgIpc) is 2.38. The van der Waals surface area contributed by atoms with E-state index < -0.39 is 16.1 Å². The van der Waals surface area contributed by atoms with Gasteiger partial charge in [-0.25, -0.2) is 13.1 Å². The van der Waals surface area contributed by atoms with Crippen LogP contribution in [0.4, 0.5) is 11.4 Å². The maximum atomic E-state index is 11.7. The van der Waals surface area contributed by atoms with Crippen molar-refractivity contribution in [3.05, 3.63) is 18.2 Å². The lowest BCUT2D eigenvalue weighted by Gasteiger charge is -2.14. The lowest BCUT2D eigenvalue weighted by atomic mass is 10.2. The molecule has 0 saturated heterocycles. The van der Waals surface area contributed by atoms with Gasteiger partial charge >= 0.3 is 0 Å². The summed E-state index contributed by atoms with van der Waals surface area (Å²) in [7, 11) is -2.14. The fraction of sp³-hybridized carbons (Fsp3) is 0.500. The first-order chi connectivity index (χ1) is 8.90. The molecule has 6 nitrogen and oxygen atoms in total. The molecule has 108 valence electrons. The first-order valence-corrected chi connectivity index (χ1v) is 7.64. The summed E-state index contributed by atoms with van der Waals surface area (Å²) in [5, 5.41) is 12.6. The Morgan fingerprint density at radius 3 is 2.68 bits per heavy atom. The second-order valence-corrected chi connectivity index (χ2v) is 6.17. The molecule has 1 aromatic rings. The van der Waals surface area contributed by atoms with E-state index in [1.807, 2.05) is 6.92 Å². The summed E-state index contributed by atoms with van der Waals surface area (Å²) in [6.07, 6.45) is 1.09. The standard InChI is InChI=1S/C12H21N3O3S/c1-3-4-9(16)8-15-12-7-10(5-6-11(12)13)19(17,18)14-2/h5-7,9,14-16H,3-4,8,13H2,1-2H3. The Kier molecular flexibility index (Phi) is 5.59. The van der Waals surface area contributed by atoms with Gasteiger partial charge in [0.1, 0.15) is 0 Å². The number of anilines is 2. The highest BCUT2D eigenvalue weighted by molar-refractivity contribution is 7.89. The Morgan fingerprint density at radius 2 is 2.11 bits per heavy atom. The topological polar surface area (TPSA) is 104 Å². The largest absolute Gasteiger partial charge is 0.397 e. The average molecular weight is 287 g/mol. The molecule has 0 radical (unpaired) electrons. The van der Waals surface area contributed by atoms with Gasteiger partial charge in [0, 0.05) is 6.54 Å². The molecule has 1 rings (SSSR count). The molecule has 0 amide bonds. The highest BCUT2D eigenvalue weighted by Crippen LogP contribution is 2.22. The van der Waals surface area contributed by atoms with Crippen molar-refractivity contribution in [3.8, 4) is 0 Å². The number of nitrogen functional groups attached to an aromatic ring is 1. The number of aliphatic hydroxyl groups is 1. The third-order valence-electron chi connectivity index (χ3n) is 2.75. The van der Waals surface area contributed by atoms with Crippen LogP contribution in [0.25, 0.3) is 0 Å². The fourth-order valence-corrected chi connectivity index (χ4v) is 2.39. The van der Waals surface area contributed by atoms with Crippen LogP contribution in [0.3, 0.4) is 0 Å². The van der Waals surface area contributed by atoms with E-state index in [-0.39, 0.29) is 4.90 Å². The van der Waals surface area contributed by atoms with Gasteiger partial charge in [0.15, 0.2) is 0 Å². The predicted molar refractivity (Wildman–Crippen MR) is 76.5 cm³/mol. The van der Waals surface area contributed by atoms with Crippen molar-refractivity contribution in [1.29, 1.82) is 0 Å². The number of rotatable bonds is 7. The van der Waals surface area contributed by atoms with Crippen molar-refractivity contribution >= 4 is 21.4 Å². The summed E-state index contributed by atoms with van der Waals surface area (Å²) < 4.78 is 25.6. The number of hydrogen-bond donors (Lipinski definition) is 4. The monoisotopic (exact) mass is 287 g/mol. The van der Waals surface area contributed by atoms with Gasteiger partial charge in [0.05, 0.1) is 22.4 Å². The molecule has 7 heteroatoms. The molecule has 0 bridgehead atoms. The van der Waals surface area contributed by atoms with Gasteiger partial charge < -0.3 is 16.2 Å². The van der Waals surface area contributed by atoms with Gasteiger partial charge in [0.25, 0.3) is 0 Å². The van der Waals surface area contributed by atoms with Crippen LogP contribution in [0, 0.1) is 0 Å². The quantitative estimate of drug-likeness (QED) is 0.554. The van der Waals surface area contributed by atoms with Crippen LogP contribution in [-0.4, -0.2) is 33.2 Å². The van der Waals surface area contributed by atoms with E-state index in [1.54, 1.807) is 0 Å². The minimum atomic E-state index is -3.49. The third kappa shape index (κ3) is 4.38. The van der Waals surface area contributed by atoms with Gasteiger partial charge in [-0.3, -0.25) is 0 Å². The number of aliphatic hydroxyl groups excluding tert-OH is 1. The molecule has 5 N–H and O–H groups in total. The van der Waals surface area contributed by atoms with Crippen molar-refractivity contribution in [2.24, 2.45) is 0 Å². The number of nitrogens with two attached hydrogens (primary N) is 1. The molecular formula is C12H21N3O3S. The summed E-state index contributed by atoms with van der Waals surface area (Å²) in [6.45, 7) is 2.32. The van der Waals surface area contributed by atoms with Crippen molar-refractivity contribution in [2.45, 2.75) is 30.8 Å². The molecule has 0 heterocycles. The summed E-state index contributed by atoms with van der Waals surface area (Å²) in [4.78, 5) is 0.136.